The lowest BCUT2D eigenvalue weighted by atomic mass is 9.72. The molecular formula is C28H44N4O5S2. The Bertz CT molecular complexity index is 1090. The maximum absolute atomic E-state index is 13.4. The molecule has 0 radical (unpaired) electrons. The number of aliphatic hydroxyl groups is 1. The van der Waals surface area contributed by atoms with Gasteiger partial charge < -0.3 is 15.7 Å². The summed E-state index contributed by atoms with van der Waals surface area (Å²) < 4.78 is 23.8. The topological polar surface area (TPSA) is 128 Å². The zero-order valence-corrected chi connectivity index (χ0v) is 24.9. The molecule has 11 heteroatoms. The van der Waals surface area contributed by atoms with Gasteiger partial charge in [-0.2, -0.15) is 0 Å². The Hall–Kier alpha value is -1.66. The second kappa shape index (κ2) is 12.9. The monoisotopic (exact) mass is 580 g/mol. The van der Waals surface area contributed by atoms with Crippen LogP contribution in [0.2, 0.25) is 0 Å². The lowest BCUT2D eigenvalue weighted by molar-refractivity contribution is -0.133. The quantitative estimate of drug-likeness (QED) is 0.326. The number of amides is 2. The minimum Gasteiger partial charge on any atom is -0.390 e. The first kappa shape index (κ1) is 30.3. The summed E-state index contributed by atoms with van der Waals surface area (Å²) in [7, 11) is -3.31. The summed E-state index contributed by atoms with van der Waals surface area (Å²) in [6, 6.07) is 7.96. The van der Waals surface area contributed by atoms with Crippen molar-refractivity contribution >= 4 is 33.4 Å². The fourth-order valence-corrected chi connectivity index (χ4v) is 8.37. The van der Waals surface area contributed by atoms with Crippen LogP contribution in [0.15, 0.2) is 35.2 Å². The zero-order valence-electron chi connectivity index (χ0n) is 23.3. The summed E-state index contributed by atoms with van der Waals surface area (Å²) in [5, 5.41) is 20.4. The van der Waals surface area contributed by atoms with E-state index < -0.39 is 33.9 Å². The minimum absolute atomic E-state index is 0.0154. The van der Waals surface area contributed by atoms with Crippen LogP contribution >= 0.6 is 11.8 Å². The summed E-state index contributed by atoms with van der Waals surface area (Å²) in [5.41, 5.74) is -0.359. The average molecular weight is 581 g/mol. The van der Waals surface area contributed by atoms with E-state index in [-0.39, 0.29) is 35.7 Å². The van der Waals surface area contributed by atoms with E-state index in [4.69, 9.17) is 0 Å². The Morgan fingerprint density at radius 2 is 1.82 bits per heavy atom. The molecule has 1 saturated carbocycles. The van der Waals surface area contributed by atoms with Crippen LogP contribution in [-0.4, -0.2) is 90.5 Å². The van der Waals surface area contributed by atoms with Crippen molar-refractivity contribution in [3.05, 3.63) is 30.3 Å². The number of fused-ring (bicyclic) bond motifs is 1. The molecule has 0 bridgehead atoms. The summed E-state index contributed by atoms with van der Waals surface area (Å²) in [6.07, 6.45) is 4.51. The molecule has 218 valence electrons. The Kier molecular flexibility index (Phi) is 10.0. The van der Waals surface area contributed by atoms with Gasteiger partial charge in [-0.3, -0.25) is 19.8 Å². The van der Waals surface area contributed by atoms with Gasteiger partial charge in [0.1, 0.15) is 6.04 Å². The largest absolute Gasteiger partial charge is 0.390 e. The molecule has 2 heterocycles. The van der Waals surface area contributed by atoms with Crippen LogP contribution in [-0.2, 0) is 19.4 Å². The van der Waals surface area contributed by atoms with E-state index in [0.29, 0.717) is 17.6 Å². The van der Waals surface area contributed by atoms with Gasteiger partial charge in [-0.15, -0.1) is 11.8 Å². The molecule has 4 rings (SSSR count). The van der Waals surface area contributed by atoms with Crippen molar-refractivity contribution in [1.29, 1.82) is 0 Å². The highest BCUT2D eigenvalue weighted by Gasteiger charge is 2.42. The smallest absolute Gasteiger partial charge is 0.238 e. The SMILES string of the molecule is CC(C)(C)NC(=O)[C@@H]1C[C@@H]2CCCC[C@@H]2CN1C[C@@H](O)C(CSc1ccccc1)NC(=O)[C@@H]1CS(=O)(=O)CN1. The number of nitrogens with one attached hydrogen (secondary N) is 3. The van der Waals surface area contributed by atoms with Gasteiger partial charge >= 0.3 is 0 Å². The third-order valence-corrected chi connectivity index (χ3v) is 10.6. The molecule has 3 fully saturated rings. The highest BCUT2D eigenvalue weighted by atomic mass is 32.2. The van der Waals surface area contributed by atoms with Crippen molar-refractivity contribution in [1.82, 2.24) is 20.9 Å². The number of nitrogens with zero attached hydrogens (tertiary/aromatic N) is 1. The molecule has 1 aromatic carbocycles. The standard InChI is InChI=1S/C28H44N4O5S2/c1-28(2,3)31-27(35)24-13-19-9-7-8-10-20(19)14-32(24)15-25(33)22(16-38-21-11-5-4-6-12-21)30-26(34)23-17-39(36,37)18-29-23/h4-6,11-12,19-20,22-25,29,33H,7-10,13-18H2,1-3H3,(H,30,34)(H,31,35)/t19-,20+,22?,23-,24-,25+/m0/s1. The number of piperidine rings is 1. The van der Waals surface area contributed by atoms with E-state index in [1.807, 2.05) is 51.1 Å². The predicted octanol–water partition coefficient (Wildman–Crippen LogP) is 1.76. The van der Waals surface area contributed by atoms with E-state index >= 15 is 0 Å². The normalized spacial score (nSPS) is 28.7. The molecule has 2 amide bonds. The van der Waals surface area contributed by atoms with Gasteiger partial charge in [-0.25, -0.2) is 8.42 Å². The van der Waals surface area contributed by atoms with Crippen LogP contribution in [0, 0.1) is 11.8 Å². The van der Waals surface area contributed by atoms with E-state index in [2.05, 4.69) is 20.9 Å². The highest BCUT2D eigenvalue weighted by Crippen LogP contribution is 2.39. The van der Waals surface area contributed by atoms with Gasteiger partial charge in [-0.1, -0.05) is 37.5 Å². The number of benzene rings is 1. The summed E-state index contributed by atoms with van der Waals surface area (Å²) >= 11 is 1.53. The van der Waals surface area contributed by atoms with Gasteiger partial charge in [0.2, 0.25) is 11.8 Å². The number of aliphatic hydroxyl groups excluding tert-OH is 1. The molecule has 6 atom stereocenters. The van der Waals surface area contributed by atoms with Gasteiger partial charge in [-0.05, 0) is 57.6 Å². The van der Waals surface area contributed by atoms with Crippen molar-refractivity contribution in [2.75, 3.05) is 30.5 Å². The summed E-state index contributed by atoms with van der Waals surface area (Å²) in [6.45, 7) is 6.92. The molecule has 1 unspecified atom stereocenters. The van der Waals surface area contributed by atoms with Crippen molar-refractivity contribution in [3.63, 3.8) is 0 Å². The number of hydrogen-bond acceptors (Lipinski definition) is 8. The number of thioether (sulfide) groups is 1. The first-order valence-corrected chi connectivity index (χ1v) is 16.9. The lowest BCUT2D eigenvalue weighted by Gasteiger charge is -2.47. The van der Waals surface area contributed by atoms with Crippen molar-refractivity contribution in [2.45, 2.75) is 87.5 Å². The Morgan fingerprint density at radius 1 is 1.13 bits per heavy atom. The average Bonchev–Trinajstić information content (AvgIpc) is 3.25. The molecule has 39 heavy (non-hydrogen) atoms. The van der Waals surface area contributed by atoms with Gasteiger partial charge in [0, 0.05) is 29.3 Å². The van der Waals surface area contributed by atoms with Gasteiger partial charge in [0.05, 0.1) is 29.8 Å². The van der Waals surface area contributed by atoms with Crippen LogP contribution < -0.4 is 16.0 Å². The second-order valence-corrected chi connectivity index (χ2v) is 15.6. The maximum atomic E-state index is 13.4. The van der Waals surface area contributed by atoms with E-state index in [1.54, 1.807) is 0 Å². The van der Waals surface area contributed by atoms with Crippen LogP contribution in [0.4, 0.5) is 0 Å². The van der Waals surface area contributed by atoms with Crippen molar-refractivity contribution < 1.29 is 23.1 Å². The Morgan fingerprint density at radius 3 is 2.46 bits per heavy atom. The molecule has 9 nitrogen and oxygen atoms in total. The molecule has 2 saturated heterocycles. The van der Waals surface area contributed by atoms with Gasteiger partial charge in [0.15, 0.2) is 9.84 Å². The fourth-order valence-electron chi connectivity index (χ4n) is 6.00. The van der Waals surface area contributed by atoms with Crippen molar-refractivity contribution in [2.24, 2.45) is 11.8 Å². The molecule has 1 aromatic rings. The van der Waals surface area contributed by atoms with Crippen molar-refractivity contribution in [3.8, 4) is 0 Å². The number of carbonyl (C=O) groups excluding carboxylic acids is 2. The fraction of sp³-hybridized carbons (Fsp3) is 0.714. The van der Waals surface area contributed by atoms with Crippen LogP contribution in [0.1, 0.15) is 52.9 Å². The molecular weight excluding hydrogens is 536 g/mol. The van der Waals surface area contributed by atoms with Gasteiger partial charge in [0.25, 0.3) is 0 Å². The number of hydrogen-bond donors (Lipinski definition) is 4. The first-order valence-electron chi connectivity index (χ1n) is 14.1. The number of carbonyl (C=O) groups is 2. The third-order valence-electron chi connectivity index (χ3n) is 7.98. The van der Waals surface area contributed by atoms with Crippen LogP contribution in [0.3, 0.4) is 0 Å². The lowest BCUT2D eigenvalue weighted by Crippen LogP contribution is -2.61. The molecule has 4 N–H and O–H groups in total. The zero-order chi connectivity index (χ0) is 28.2. The Labute approximate surface area is 237 Å². The summed E-state index contributed by atoms with van der Waals surface area (Å²) in [5.74, 6) is 0.511. The van der Waals surface area contributed by atoms with Crippen LogP contribution in [0.25, 0.3) is 0 Å². The molecule has 0 aromatic heterocycles. The Balaban J connectivity index is 1.49. The number of β-amino-alcohol motifs (C(OH)–C–C–N with tert-alkyl or cyclic N) is 1. The molecule has 0 spiro atoms. The second-order valence-electron chi connectivity index (χ2n) is 12.4. The third kappa shape index (κ3) is 8.66. The predicted molar refractivity (Wildman–Crippen MR) is 154 cm³/mol. The number of sulfone groups is 1. The molecule has 2 aliphatic heterocycles. The number of likely N-dealkylation sites (tertiary alicyclic amines) is 1. The minimum atomic E-state index is -3.31. The van der Waals surface area contributed by atoms with E-state index in [0.717, 1.165) is 30.7 Å². The van der Waals surface area contributed by atoms with E-state index in [1.165, 1.54) is 24.6 Å². The highest BCUT2D eigenvalue weighted by molar-refractivity contribution is 7.99. The maximum Gasteiger partial charge on any atom is 0.238 e. The van der Waals surface area contributed by atoms with E-state index in [9.17, 15) is 23.1 Å². The molecule has 1 aliphatic carbocycles. The number of rotatable bonds is 9. The summed E-state index contributed by atoms with van der Waals surface area (Å²) in [4.78, 5) is 29.6. The molecule has 3 aliphatic rings. The van der Waals surface area contributed by atoms with Crippen LogP contribution in [0.5, 0.6) is 0 Å². The first-order chi connectivity index (χ1) is 18.4.